The third-order valence-electron chi connectivity index (χ3n) is 4.44. The summed E-state index contributed by atoms with van der Waals surface area (Å²) in [6.07, 6.45) is 5.60. The van der Waals surface area contributed by atoms with Crippen molar-refractivity contribution in [2.75, 3.05) is 18.4 Å². The van der Waals surface area contributed by atoms with Crippen LogP contribution < -0.4 is 5.32 Å². The van der Waals surface area contributed by atoms with E-state index in [1.54, 1.807) is 17.5 Å². The van der Waals surface area contributed by atoms with Gasteiger partial charge in [0.1, 0.15) is 22.5 Å². The van der Waals surface area contributed by atoms with Gasteiger partial charge in [-0.05, 0) is 26.3 Å². The van der Waals surface area contributed by atoms with Crippen molar-refractivity contribution in [3.05, 3.63) is 40.8 Å². The van der Waals surface area contributed by atoms with Crippen LogP contribution in [0.2, 0.25) is 0 Å². The molecule has 1 aliphatic heterocycles. The lowest BCUT2D eigenvalue weighted by molar-refractivity contribution is 0.318. The Labute approximate surface area is 156 Å². The summed E-state index contributed by atoms with van der Waals surface area (Å²) in [5.41, 5.74) is 0.960. The number of imidazole rings is 1. The first-order valence-electron chi connectivity index (χ1n) is 8.85. The first-order valence-corrected chi connectivity index (χ1v) is 9.67. The Hall–Kier alpha value is -2.39. The second kappa shape index (κ2) is 7.46. The van der Waals surface area contributed by atoms with Gasteiger partial charge in [-0.3, -0.25) is 4.90 Å². The van der Waals surface area contributed by atoms with Crippen molar-refractivity contribution in [1.29, 1.82) is 0 Å². The number of hydrogen-bond donors (Lipinski definition) is 2. The highest BCUT2D eigenvalue weighted by Gasteiger charge is 2.27. The maximum absolute atomic E-state index is 4.74. The molecule has 0 spiro atoms. The van der Waals surface area contributed by atoms with Crippen LogP contribution in [0.5, 0.6) is 0 Å². The summed E-state index contributed by atoms with van der Waals surface area (Å²) in [5.74, 6) is 3.03. The molecule has 1 saturated heterocycles. The number of aromatic nitrogens is 6. The fourth-order valence-corrected chi connectivity index (χ4v) is 3.86. The molecule has 1 aliphatic rings. The van der Waals surface area contributed by atoms with E-state index >= 15 is 0 Å². The Morgan fingerprint density at radius 1 is 1.35 bits per heavy atom. The SMILES string of the molecule is CCc1nnc(Nc2cc(C)nc(C3CCN(Cc4ncc[nH]4)C3)n2)s1. The van der Waals surface area contributed by atoms with Crippen molar-refractivity contribution in [1.82, 2.24) is 35.0 Å². The lowest BCUT2D eigenvalue weighted by Gasteiger charge is -2.14. The topological polar surface area (TPSA) is 95.5 Å². The predicted octanol–water partition coefficient (Wildman–Crippen LogP) is 2.66. The van der Waals surface area contributed by atoms with Crippen molar-refractivity contribution >= 4 is 22.3 Å². The average molecular weight is 370 g/mol. The average Bonchev–Trinajstić information content (AvgIpc) is 3.36. The molecule has 0 saturated carbocycles. The van der Waals surface area contributed by atoms with Gasteiger partial charge in [-0.25, -0.2) is 15.0 Å². The number of aryl methyl sites for hydroxylation is 2. The summed E-state index contributed by atoms with van der Waals surface area (Å²) in [7, 11) is 0. The number of rotatable bonds is 6. The standard InChI is InChI=1S/C17H22N8S/c1-3-15-23-24-17(26-15)22-13-8-11(2)20-16(21-13)12-4-7-25(9-12)10-14-18-5-6-19-14/h5-6,8,12H,3-4,7,9-10H2,1-2H3,(H,18,19)(H,20,21,22,24). The van der Waals surface area contributed by atoms with E-state index in [1.165, 1.54) is 0 Å². The van der Waals surface area contributed by atoms with Crippen LogP contribution in [0.1, 0.15) is 41.6 Å². The highest BCUT2D eigenvalue weighted by atomic mass is 32.1. The molecule has 0 aliphatic carbocycles. The minimum Gasteiger partial charge on any atom is -0.348 e. The van der Waals surface area contributed by atoms with Crippen LogP contribution in [0.15, 0.2) is 18.5 Å². The normalized spacial score (nSPS) is 17.7. The second-order valence-corrected chi connectivity index (χ2v) is 7.55. The third-order valence-corrected chi connectivity index (χ3v) is 5.42. The van der Waals surface area contributed by atoms with Crippen molar-refractivity contribution in [2.24, 2.45) is 0 Å². The minimum atomic E-state index is 0.339. The molecule has 9 heteroatoms. The molecule has 4 rings (SSSR count). The van der Waals surface area contributed by atoms with Gasteiger partial charge in [-0.2, -0.15) is 0 Å². The molecule has 0 amide bonds. The van der Waals surface area contributed by atoms with Crippen molar-refractivity contribution < 1.29 is 0 Å². The Morgan fingerprint density at radius 2 is 2.27 bits per heavy atom. The molecule has 2 N–H and O–H groups in total. The highest BCUT2D eigenvalue weighted by molar-refractivity contribution is 7.15. The first kappa shape index (κ1) is 17.0. The molecule has 1 unspecified atom stereocenters. The van der Waals surface area contributed by atoms with Crippen LogP contribution in [0.4, 0.5) is 10.9 Å². The molecule has 26 heavy (non-hydrogen) atoms. The fraction of sp³-hybridized carbons (Fsp3) is 0.471. The van der Waals surface area contributed by atoms with E-state index in [9.17, 15) is 0 Å². The molecule has 4 heterocycles. The van der Waals surface area contributed by atoms with Crippen LogP contribution in [0.25, 0.3) is 0 Å². The van der Waals surface area contributed by atoms with Gasteiger partial charge in [0.05, 0.1) is 6.54 Å². The zero-order valence-corrected chi connectivity index (χ0v) is 15.8. The van der Waals surface area contributed by atoms with Gasteiger partial charge in [0, 0.05) is 36.6 Å². The number of nitrogens with zero attached hydrogens (tertiary/aromatic N) is 6. The van der Waals surface area contributed by atoms with Crippen LogP contribution >= 0.6 is 11.3 Å². The number of H-pyrrole nitrogens is 1. The molecular weight excluding hydrogens is 348 g/mol. The van der Waals surface area contributed by atoms with Gasteiger partial charge in [-0.15, -0.1) is 10.2 Å². The summed E-state index contributed by atoms with van der Waals surface area (Å²) < 4.78 is 0. The molecule has 3 aromatic heterocycles. The molecule has 0 radical (unpaired) electrons. The van der Waals surface area contributed by atoms with Gasteiger partial charge >= 0.3 is 0 Å². The Balaban J connectivity index is 1.45. The van der Waals surface area contributed by atoms with Gasteiger partial charge in [-0.1, -0.05) is 18.3 Å². The Morgan fingerprint density at radius 3 is 3.04 bits per heavy atom. The zero-order chi connectivity index (χ0) is 17.9. The summed E-state index contributed by atoms with van der Waals surface area (Å²) in [5, 5.41) is 13.4. The lowest BCUT2D eigenvalue weighted by Crippen LogP contribution is -2.21. The summed E-state index contributed by atoms with van der Waals surface area (Å²) in [6, 6.07) is 1.95. The number of likely N-dealkylation sites (tertiary alicyclic amines) is 1. The monoisotopic (exact) mass is 370 g/mol. The minimum absolute atomic E-state index is 0.339. The Bertz CT molecular complexity index is 860. The van der Waals surface area contributed by atoms with Gasteiger partial charge in [0.15, 0.2) is 0 Å². The molecule has 0 bridgehead atoms. The summed E-state index contributed by atoms with van der Waals surface area (Å²) in [4.78, 5) is 19.3. The van der Waals surface area contributed by atoms with Crippen LogP contribution in [-0.2, 0) is 13.0 Å². The lowest BCUT2D eigenvalue weighted by atomic mass is 10.1. The van der Waals surface area contributed by atoms with Gasteiger partial charge < -0.3 is 10.3 Å². The second-order valence-electron chi connectivity index (χ2n) is 6.49. The van der Waals surface area contributed by atoms with E-state index in [0.29, 0.717) is 5.92 Å². The van der Waals surface area contributed by atoms with Crippen molar-refractivity contribution in [3.8, 4) is 0 Å². The van der Waals surface area contributed by atoms with Crippen LogP contribution in [-0.4, -0.2) is 48.1 Å². The maximum atomic E-state index is 4.74. The maximum Gasteiger partial charge on any atom is 0.211 e. The van der Waals surface area contributed by atoms with Gasteiger partial charge in [0.2, 0.25) is 5.13 Å². The van der Waals surface area contributed by atoms with E-state index in [1.807, 2.05) is 19.2 Å². The van der Waals surface area contributed by atoms with E-state index in [2.05, 4.69) is 42.3 Å². The number of hydrogen-bond acceptors (Lipinski definition) is 8. The first-order chi connectivity index (χ1) is 12.7. The Kier molecular flexibility index (Phi) is 4.89. The molecule has 136 valence electrons. The van der Waals surface area contributed by atoms with Crippen molar-refractivity contribution in [2.45, 2.75) is 39.2 Å². The molecule has 0 aromatic carbocycles. The van der Waals surface area contributed by atoms with E-state index in [-0.39, 0.29) is 0 Å². The largest absolute Gasteiger partial charge is 0.348 e. The van der Waals surface area contributed by atoms with Crippen LogP contribution in [0, 0.1) is 6.92 Å². The fourth-order valence-electron chi connectivity index (χ4n) is 3.18. The molecule has 1 fully saturated rings. The van der Waals surface area contributed by atoms with Gasteiger partial charge in [0.25, 0.3) is 0 Å². The van der Waals surface area contributed by atoms with Crippen LogP contribution in [0.3, 0.4) is 0 Å². The number of anilines is 2. The predicted molar refractivity (Wildman–Crippen MR) is 101 cm³/mol. The molecular formula is C17H22N8S. The molecule has 1 atom stereocenters. The zero-order valence-electron chi connectivity index (χ0n) is 14.9. The molecule has 3 aromatic rings. The van der Waals surface area contributed by atoms with Crippen molar-refractivity contribution in [3.63, 3.8) is 0 Å². The summed E-state index contributed by atoms with van der Waals surface area (Å²) >= 11 is 1.56. The van der Waals surface area contributed by atoms with E-state index < -0.39 is 0 Å². The highest BCUT2D eigenvalue weighted by Crippen LogP contribution is 2.27. The van der Waals surface area contributed by atoms with E-state index in [4.69, 9.17) is 4.98 Å². The smallest absolute Gasteiger partial charge is 0.211 e. The quantitative estimate of drug-likeness (QED) is 0.688. The third kappa shape index (κ3) is 3.88. The summed E-state index contributed by atoms with van der Waals surface area (Å²) in [6.45, 7) is 6.89. The van der Waals surface area contributed by atoms with E-state index in [0.717, 1.165) is 65.8 Å². The number of nitrogens with one attached hydrogen (secondary N) is 2. The molecule has 8 nitrogen and oxygen atoms in total. The number of aromatic amines is 1.